The Morgan fingerprint density at radius 1 is 1.08 bits per heavy atom. The van der Waals surface area contributed by atoms with Gasteiger partial charge in [-0.25, -0.2) is 14.0 Å². The number of halogens is 1. The summed E-state index contributed by atoms with van der Waals surface area (Å²) in [4.78, 5) is 24.2. The Balaban J connectivity index is 1.86. The van der Waals surface area contributed by atoms with Gasteiger partial charge in [0.2, 0.25) is 0 Å². The normalized spacial score (nSPS) is 10.2. The Bertz CT molecular complexity index is 732. The summed E-state index contributed by atoms with van der Waals surface area (Å²) in [6.45, 7) is 2.76. The third-order valence-electron chi connectivity index (χ3n) is 3.74. The Labute approximate surface area is 152 Å². The molecule has 0 unspecified atom stereocenters. The number of nitrogens with one attached hydrogen (secondary N) is 2. The number of hydrogen-bond donors (Lipinski definition) is 2. The third kappa shape index (κ3) is 6.20. The van der Waals surface area contributed by atoms with Gasteiger partial charge in [0.15, 0.2) is 0 Å². The van der Waals surface area contributed by atoms with Crippen LogP contribution < -0.4 is 10.6 Å². The fraction of sp³-hybridized carbons (Fsp3) is 0.300. The molecule has 0 spiro atoms. The van der Waals surface area contributed by atoms with Gasteiger partial charge in [0.05, 0.1) is 17.9 Å². The van der Waals surface area contributed by atoms with Gasteiger partial charge in [-0.1, -0.05) is 37.6 Å². The molecule has 2 aromatic carbocycles. The minimum absolute atomic E-state index is 0.290. The van der Waals surface area contributed by atoms with E-state index in [0.29, 0.717) is 30.8 Å². The van der Waals surface area contributed by atoms with Gasteiger partial charge in [0.25, 0.3) is 0 Å². The molecular formula is C20H23FN2O3. The lowest BCUT2D eigenvalue weighted by Gasteiger charge is -2.12. The van der Waals surface area contributed by atoms with Crippen LogP contribution in [0.2, 0.25) is 0 Å². The van der Waals surface area contributed by atoms with Crippen molar-refractivity contribution in [3.63, 3.8) is 0 Å². The quantitative estimate of drug-likeness (QED) is 0.550. The molecule has 0 saturated carbocycles. The first-order valence-corrected chi connectivity index (χ1v) is 8.65. The highest BCUT2D eigenvalue weighted by Crippen LogP contribution is 2.16. The summed E-state index contributed by atoms with van der Waals surface area (Å²) in [6, 6.07) is 12.4. The molecule has 2 rings (SSSR count). The molecule has 0 heterocycles. The minimum atomic E-state index is -0.458. The lowest BCUT2D eigenvalue weighted by atomic mass is 10.1. The number of rotatable bonds is 8. The number of carbonyl (C=O) groups excluding carboxylic acids is 2. The predicted octanol–water partition coefficient (Wildman–Crippen LogP) is 4.15. The van der Waals surface area contributed by atoms with E-state index in [-0.39, 0.29) is 5.82 Å². The molecule has 2 amide bonds. The number of carbonyl (C=O) groups is 2. The van der Waals surface area contributed by atoms with E-state index in [0.717, 1.165) is 18.4 Å². The molecule has 0 saturated heterocycles. The number of amides is 2. The number of urea groups is 1. The van der Waals surface area contributed by atoms with E-state index in [1.807, 2.05) is 6.92 Å². The summed E-state index contributed by atoms with van der Waals surface area (Å²) in [6.07, 6.45) is 2.31. The number of benzene rings is 2. The van der Waals surface area contributed by atoms with Crippen LogP contribution in [-0.4, -0.2) is 25.2 Å². The molecule has 0 aliphatic carbocycles. The van der Waals surface area contributed by atoms with E-state index in [1.165, 1.54) is 12.1 Å². The van der Waals surface area contributed by atoms with Gasteiger partial charge in [-0.3, -0.25) is 0 Å². The Morgan fingerprint density at radius 3 is 2.54 bits per heavy atom. The van der Waals surface area contributed by atoms with Gasteiger partial charge < -0.3 is 15.4 Å². The highest BCUT2D eigenvalue weighted by atomic mass is 19.1. The third-order valence-corrected chi connectivity index (χ3v) is 3.74. The lowest BCUT2D eigenvalue weighted by molar-refractivity contribution is 0.0501. The average Bonchev–Trinajstić information content (AvgIpc) is 2.64. The van der Waals surface area contributed by atoms with Crippen molar-refractivity contribution in [1.29, 1.82) is 0 Å². The SMILES string of the molecule is CCCCOC(=O)c1ccccc1NC(=O)NCCc1ccc(F)cc1. The van der Waals surface area contributed by atoms with Gasteiger partial charge in [-0.05, 0) is 42.7 Å². The van der Waals surface area contributed by atoms with Crippen LogP contribution in [0.15, 0.2) is 48.5 Å². The second kappa shape index (κ2) is 10.2. The van der Waals surface area contributed by atoms with Crippen LogP contribution in [0, 0.1) is 5.82 Å². The molecule has 0 fully saturated rings. The number of anilines is 1. The topological polar surface area (TPSA) is 67.4 Å². The molecule has 0 bridgehead atoms. The summed E-state index contributed by atoms with van der Waals surface area (Å²) in [7, 11) is 0. The van der Waals surface area contributed by atoms with Crippen molar-refractivity contribution < 1.29 is 18.7 Å². The van der Waals surface area contributed by atoms with Crippen molar-refractivity contribution in [3.05, 3.63) is 65.5 Å². The minimum Gasteiger partial charge on any atom is -0.462 e. The number of unbranched alkanes of at least 4 members (excludes halogenated alkanes) is 1. The fourth-order valence-corrected chi connectivity index (χ4v) is 2.30. The maximum Gasteiger partial charge on any atom is 0.340 e. The molecule has 5 nitrogen and oxygen atoms in total. The average molecular weight is 358 g/mol. The molecule has 6 heteroatoms. The summed E-state index contributed by atoms with van der Waals surface area (Å²) in [5.41, 5.74) is 1.64. The van der Waals surface area contributed by atoms with Crippen molar-refractivity contribution in [2.75, 3.05) is 18.5 Å². The molecule has 0 aliphatic rings. The largest absolute Gasteiger partial charge is 0.462 e. The number of para-hydroxylation sites is 1. The number of esters is 1. The standard InChI is InChI=1S/C20H23FN2O3/c1-2-3-14-26-19(24)17-6-4-5-7-18(17)23-20(25)22-13-12-15-8-10-16(21)11-9-15/h4-11H,2-3,12-14H2,1H3,(H2,22,23,25). The van der Waals surface area contributed by atoms with E-state index in [9.17, 15) is 14.0 Å². The van der Waals surface area contributed by atoms with Crippen LogP contribution in [0.4, 0.5) is 14.9 Å². The maximum atomic E-state index is 12.9. The summed E-state index contributed by atoms with van der Waals surface area (Å²) < 4.78 is 18.1. The monoisotopic (exact) mass is 358 g/mol. The molecule has 0 radical (unpaired) electrons. The summed E-state index contributed by atoms with van der Waals surface area (Å²) in [5.74, 6) is -0.748. The van der Waals surface area contributed by atoms with Crippen molar-refractivity contribution in [1.82, 2.24) is 5.32 Å². The van der Waals surface area contributed by atoms with E-state index in [4.69, 9.17) is 4.74 Å². The second-order valence-electron chi connectivity index (χ2n) is 5.79. The zero-order valence-electron chi connectivity index (χ0n) is 14.8. The van der Waals surface area contributed by atoms with Crippen LogP contribution in [0.3, 0.4) is 0 Å². The smallest absolute Gasteiger partial charge is 0.340 e. The van der Waals surface area contributed by atoms with Crippen molar-refractivity contribution >= 4 is 17.7 Å². The first-order valence-electron chi connectivity index (χ1n) is 8.65. The van der Waals surface area contributed by atoms with E-state index >= 15 is 0 Å². The Hall–Kier alpha value is -2.89. The van der Waals surface area contributed by atoms with E-state index in [2.05, 4.69) is 10.6 Å². The van der Waals surface area contributed by atoms with Crippen LogP contribution >= 0.6 is 0 Å². The first-order chi connectivity index (χ1) is 12.6. The highest BCUT2D eigenvalue weighted by Gasteiger charge is 2.14. The Morgan fingerprint density at radius 2 is 1.81 bits per heavy atom. The fourth-order valence-electron chi connectivity index (χ4n) is 2.30. The van der Waals surface area contributed by atoms with Crippen molar-refractivity contribution in [2.45, 2.75) is 26.2 Å². The van der Waals surface area contributed by atoms with Crippen LogP contribution in [0.1, 0.15) is 35.7 Å². The lowest BCUT2D eigenvalue weighted by Crippen LogP contribution is -2.31. The number of hydrogen-bond acceptors (Lipinski definition) is 3. The van der Waals surface area contributed by atoms with E-state index < -0.39 is 12.0 Å². The first kappa shape index (κ1) is 19.4. The molecule has 2 aromatic rings. The van der Waals surface area contributed by atoms with Crippen LogP contribution in [0.25, 0.3) is 0 Å². The maximum absolute atomic E-state index is 12.9. The molecule has 2 N–H and O–H groups in total. The van der Waals surface area contributed by atoms with Crippen LogP contribution in [-0.2, 0) is 11.2 Å². The van der Waals surface area contributed by atoms with Gasteiger partial charge >= 0.3 is 12.0 Å². The van der Waals surface area contributed by atoms with Gasteiger partial charge in [0, 0.05) is 6.54 Å². The molecule has 0 atom stereocenters. The molecular weight excluding hydrogens is 335 g/mol. The van der Waals surface area contributed by atoms with E-state index in [1.54, 1.807) is 36.4 Å². The van der Waals surface area contributed by atoms with Crippen LogP contribution in [0.5, 0.6) is 0 Å². The predicted molar refractivity (Wildman–Crippen MR) is 98.8 cm³/mol. The van der Waals surface area contributed by atoms with Crippen molar-refractivity contribution in [2.24, 2.45) is 0 Å². The molecule has 26 heavy (non-hydrogen) atoms. The van der Waals surface area contributed by atoms with Gasteiger partial charge in [-0.15, -0.1) is 0 Å². The molecule has 138 valence electrons. The second-order valence-corrected chi connectivity index (χ2v) is 5.79. The number of ether oxygens (including phenoxy) is 1. The zero-order valence-corrected chi connectivity index (χ0v) is 14.8. The zero-order chi connectivity index (χ0) is 18.8. The van der Waals surface area contributed by atoms with Gasteiger partial charge in [0.1, 0.15) is 5.82 Å². The molecule has 0 aromatic heterocycles. The summed E-state index contributed by atoms with van der Waals surface area (Å²) in [5, 5.41) is 5.38. The Kier molecular flexibility index (Phi) is 7.61. The summed E-state index contributed by atoms with van der Waals surface area (Å²) >= 11 is 0. The van der Waals surface area contributed by atoms with Gasteiger partial charge in [-0.2, -0.15) is 0 Å². The molecule has 0 aliphatic heterocycles. The van der Waals surface area contributed by atoms with Crippen molar-refractivity contribution in [3.8, 4) is 0 Å². The highest BCUT2D eigenvalue weighted by molar-refractivity contribution is 6.00.